The molecule has 0 radical (unpaired) electrons. The maximum Gasteiger partial charge on any atom is 0.0467 e. The molecule has 0 fully saturated rings. The van der Waals surface area contributed by atoms with Crippen LogP contribution in [-0.2, 0) is 6.42 Å². The van der Waals surface area contributed by atoms with E-state index in [1.807, 2.05) is 0 Å². The largest absolute Gasteiger partial charge is 0.358 e. The Labute approximate surface area is 118 Å². The summed E-state index contributed by atoms with van der Waals surface area (Å²) >= 11 is 3.51. The summed E-state index contributed by atoms with van der Waals surface area (Å²) < 4.78 is 1.14. The van der Waals surface area contributed by atoms with E-state index >= 15 is 0 Å². The number of hydrogen-bond donors (Lipinski definition) is 1. The first kappa shape index (κ1) is 13.7. The first-order valence-corrected chi connectivity index (χ1v) is 7.86. The van der Waals surface area contributed by atoms with Crippen LogP contribution in [0.15, 0.2) is 28.7 Å². The van der Waals surface area contributed by atoms with Gasteiger partial charge in [0.05, 0.1) is 0 Å². The molecule has 1 aromatic heterocycles. The Morgan fingerprint density at radius 3 is 2.61 bits per heavy atom. The summed E-state index contributed by atoms with van der Waals surface area (Å²) in [5, 5.41) is 1.32. The predicted molar refractivity (Wildman–Crippen MR) is 83.1 cm³/mol. The lowest BCUT2D eigenvalue weighted by Crippen LogP contribution is -1.85. The monoisotopic (exact) mass is 307 g/mol. The summed E-state index contributed by atoms with van der Waals surface area (Å²) in [6.45, 7) is 2.27. The minimum absolute atomic E-state index is 1.14. The standard InChI is InChI=1S/C16H22BrN/c1-2-3-4-5-6-7-8-15-11-13-9-10-14(17)12-16(13)18-15/h9-12,18H,2-8H2,1H3. The second-order valence-corrected chi connectivity index (χ2v) is 5.96. The lowest BCUT2D eigenvalue weighted by molar-refractivity contribution is 0.605. The minimum Gasteiger partial charge on any atom is -0.358 e. The van der Waals surface area contributed by atoms with E-state index in [1.54, 1.807) is 0 Å². The van der Waals surface area contributed by atoms with Crippen LogP contribution in [-0.4, -0.2) is 4.98 Å². The van der Waals surface area contributed by atoms with Crippen molar-refractivity contribution in [2.45, 2.75) is 51.9 Å². The van der Waals surface area contributed by atoms with Gasteiger partial charge in [-0.2, -0.15) is 0 Å². The Hall–Kier alpha value is -0.760. The fourth-order valence-electron chi connectivity index (χ4n) is 2.39. The molecule has 18 heavy (non-hydrogen) atoms. The van der Waals surface area contributed by atoms with Gasteiger partial charge in [0, 0.05) is 15.7 Å². The third-order valence-electron chi connectivity index (χ3n) is 3.44. The van der Waals surface area contributed by atoms with Gasteiger partial charge in [-0.3, -0.25) is 0 Å². The number of fused-ring (bicyclic) bond motifs is 1. The molecule has 0 saturated carbocycles. The van der Waals surface area contributed by atoms with Gasteiger partial charge in [-0.05, 0) is 36.4 Å². The fourth-order valence-corrected chi connectivity index (χ4v) is 2.75. The van der Waals surface area contributed by atoms with Gasteiger partial charge >= 0.3 is 0 Å². The minimum atomic E-state index is 1.14. The lowest BCUT2D eigenvalue weighted by Gasteiger charge is -1.99. The summed E-state index contributed by atoms with van der Waals surface area (Å²) in [7, 11) is 0. The van der Waals surface area contributed by atoms with E-state index in [4.69, 9.17) is 0 Å². The zero-order chi connectivity index (χ0) is 12.8. The summed E-state index contributed by atoms with van der Waals surface area (Å²) in [6.07, 6.45) is 9.35. The number of H-pyrrole nitrogens is 1. The van der Waals surface area contributed by atoms with Crippen LogP contribution in [0.2, 0.25) is 0 Å². The van der Waals surface area contributed by atoms with E-state index in [2.05, 4.69) is 52.1 Å². The Kier molecular flexibility index (Phi) is 5.30. The van der Waals surface area contributed by atoms with Crippen LogP contribution in [0.3, 0.4) is 0 Å². The maximum atomic E-state index is 3.51. The van der Waals surface area contributed by atoms with Gasteiger partial charge < -0.3 is 4.98 Å². The molecular weight excluding hydrogens is 286 g/mol. The van der Waals surface area contributed by atoms with Crippen LogP contribution in [0.4, 0.5) is 0 Å². The van der Waals surface area contributed by atoms with E-state index < -0.39 is 0 Å². The predicted octanol–water partition coefficient (Wildman–Crippen LogP) is 5.83. The molecule has 1 nitrogen and oxygen atoms in total. The van der Waals surface area contributed by atoms with E-state index in [9.17, 15) is 0 Å². The molecule has 0 spiro atoms. The third-order valence-corrected chi connectivity index (χ3v) is 3.93. The molecule has 0 amide bonds. The Bertz CT molecular complexity index is 487. The van der Waals surface area contributed by atoms with Crippen molar-refractivity contribution in [3.8, 4) is 0 Å². The van der Waals surface area contributed by atoms with Crippen molar-refractivity contribution in [2.24, 2.45) is 0 Å². The first-order valence-electron chi connectivity index (χ1n) is 7.07. The Balaban J connectivity index is 1.81. The van der Waals surface area contributed by atoms with E-state index in [0.29, 0.717) is 0 Å². The number of rotatable bonds is 7. The first-order chi connectivity index (χ1) is 8.79. The molecular formula is C16H22BrN. The third kappa shape index (κ3) is 3.88. The molecule has 2 aromatic rings. The topological polar surface area (TPSA) is 15.8 Å². The molecule has 2 rings (SSSR count). The summed E-state index contributed by atoms with van der Waals surface area (Å²) in [5.74, 6) is 0. The van der Waals surface area contributed by atoms with E-state index in [0.717, 1.165) is 4.47 Å². The molecule has 2 heteroatoms. The molecule has 1 N–H and O–H groups in total. The van der Waals surface area contributed by atoms with Crippen LogP contribution in [0, 0.1) is 0 Å². The molecule has 0 unspecified atom stereocenters. The van der Waals surface area contributed by atoms with Gasteiger partial charge in [0.2, 0.25) is 0 Å². The van der Waals surface area contributed by atoms with Crippen molar-refractivity contribution < 1.29 is 0 Å². The number of aromatic nitrogens is 1. The molecule has 0 atom stereocenters. The molecule has 98 valence electrons. The molecule has 0 aliphatic rings. The van der Waals surface area contributed by atoms with Crippen molar-refractivity contribution >= 4 is 26.8 Å². The quantitative estimate of drug-likeness (QED) is 0.619. The highest BCUT2D eigenvalue weighted by Gasteiger charge is 2.01. The Morgan fingerprint density at radius 2 is 1.78 bits per heavy atom. The number of nitrogens with one attached hydrogen (secondary N) is 1. The van der Waals surface area contributed by atoms with Gasteiger partial charge in [0.1, 0.15) is 0 Å². The Morgan fingerprint density at radius 1 is 1.00 bits per heavy atom. The van der Waals surface area contributed by atoms with Crippen molar-refractivity contribution in [1.29, 1.82) is 0 Å². The highest BCUT2D eigenvalue weighted by atomic mass is 79.9. The number of halogens is 1. The number of unbranched alkanes of at least 4 members (excludes halogenated alkanes) is 5. The SMILES string of the molecule is CCCCCCCCc1cc2ccc(Br)cc2[nH]1. The number of benzene rings is 1. The van der Waals surface area contributed by atoms with Crippen LogP contribution in [0.5, 0.6) is 0 Å². The number of hydrogen-bond acceptors (Lipinski definition) is 0. The molecule has 0 aliphatic heterocycles. The normalized spacial score (nSPS) is 11.2. The zero-order valence-corrected chi connectivity index (χ0v) is 12.7. The summed E-state index contributed by atoms with van der Waals surface area (Å²) in [5.41, 5.74) is 2.61. The fraction of sp³-hybridized carbons (Fsp3) is 0.500. The van der Waals surface area contributed by atoms with Crippen molar-refractivity contribution in [1.82, 2.24) is 4.98 Å². The average Bonchev–Trinajstić information content (AvgIpc) is 2.75. The number of aryl methyl sites for hydroxylation is 1. The lowest BCUT2D eigenvalue weighted by atomic mass is 10.1. The van der Waals surface area contributed by atoms with E-state index in [-0.39, 0.29) is 0 Å². The molecule has 0 saturated heterocycles. The number of aromatic amines is 1. The summed E-state index contributed by atoms with van der Waals surface area (Å²) in [4.78, 5) is 3.51. The smallest absolute Gasteiger partial charge is 0.0467 e. The van der Waals surface area contributed by atoms with Gasteiger partial charge in [0.25, 0.3) is 0 Å². The average molecular weight is 308 g/mol. The maximum absolute atomic E-state index is 3.51. The zero-order valence-electron chi connectivity index (χ0n) is 11.1. The molecule has 0 aliphatic carbocycles. The molecule has 1 heterocycles. The van der Waals surface area contributed by atoms with Gasteiger partial charge in [-0.15, -0.1) is 0 Å². The second-order valence-electron chi connectivity index (χ2n) is 5.04. The summed E-state index contributed by atoms with van der Waals surface area (Å²) in [6, 6.07) is 8.71. The van der Waals surface area contributed by atoms with Crippen LogP contribution < -0.4 is 0 Å². The van der Waals surface area contributed by atoms with Crippen LogP contribution in [0.25, 0.3) is 10.9 Å². The highest BCUT2D eigenvalue weighted by Crippen LogP contribution is 2.21. The molecule has 0 bridgehead atoms. The van der Waals surface area contributed by atoms with Crippen LogP contribution >= 0.6 is 15.9 Å². The van der Waals surface area contributed by atoms with Gasteiger partial charge in [-0.1, -0.05) is 61.0 Å². The molecule has 1 aromatic carbocycles. The van der Waals surface area contributed by atoms with Crippen molar-refractivity contribution in [2.75, 3.05) is 0 Å². The van der Waals surface area contributed by atoms with Gasteiger partial charge in [-0.25, -0.2) is 0 Å². The van der Waals surface area contributed by atoms with Crippen LogP contribution in [0.1, 0.15) is 51.1 Å². The van der Waals surface area contributed by atoms with Crippen molar-refractivity contribution in [3.05, 3.63) is 34.4 Å². The van der Waals surface area contributed by atoms with E-state index in [1.165, 1.54) is 61.5 Å². The van der Waals surface area contributed by atoms with Gasteiger partial charge in [0.15, 0.2) is 0 Å². The highest BCUT2D eigenvalue weighted by molar-refractivity contribution is 9.10. The second kappa shape index (κ2) is 6.98. The van der Waals surface area contributed by atoms with Crippen molar-refractivity contribution in [3.63, 3.8) is 0 Å².